The van der Waals surface area contributed by atoms with Gasteiger partial charge >= 0.3 is 0 Å². The van der Waals surface area contributed by atoms with Crippen molar-refractivity contribution in [2.75, 3.05) is 5.32 Å². The summed E-state index contributed by atoms with van der Waals surface area (Å²) in [6, 6.07) is 21.0. The van der Waals surface area contributed by atoms with E-state index in [-0.39, 0.29) is 5.91 Å². The molecule has 0 radical (unpaired) electrons. The fourth-order valence-electron chi connectivity index (χ4n) is 3.57. The average molecular weight is 474 g/mol. The molecule has 2 aromatic heterocycles. The molecule has 0 aliphatic carbocycles. The monoisotopic (exact) mass is 473 g/mol. The van der Waals surface area contributed by atoms with Gasteiger partial charge in [-0.1, -0.05) is 35.9 Å². The Morgan fingerprint density at radius 3 is 2.42 bits per heavy atom. The fourth-order valence-corrected chi connectivity index (χ4v) is 4.53. The molecule has 162 valence electrons. The van der Waals surface area contributed by atoms with Crippen molar-refractivity contribution >= 4 is 45.4 Å². The van der Waals surface area contributed by atoms with Gasteiger partial charge in [-0.25, -0.2) is 9.37 Å². The molecule has 0 fully saturated rings. The normalized spacial score (nSPS) is 11.0. The molecular formula is C26H17ClFN3OS. The number of nitrogens with one attached hydrogen (secondary N) is 1. The van der Waals surface area contributed by atoms with Gasteiger partial charge in [0.2, 0.25) is 0 Å². The first-order chi connectivity index (χ1) is 16.0. The highest BCUT2D eigenvalue weighted by Crippen LogP contribution is 2.30. The number of nitrogens with zero attached hydrogens (tertiary/aromatic N) is 2. The predicted molar refractivity (Wildman–Crippen MR) is 132 cm³/mol. The van der Waals surface area contributed by atoms with E-state index in [9.17, 15) is 9.18 Å². The smallest absolute Gasteiger partial charge is 0.256 e. The first kappa shape index (κ1) is 21.2. The van der Waals surface area contributed by atoms with E-state index in [0.29, 0.717) is 32.9 Å². The largest absolute Gasteiger partial charge is 0.322 e. The number of thiazole rings is 1. The van der Waals surface area contributed by atoms with Crippen LogP contribution in [0, 0.1) is 12.7 Å². The third-order valence-corrected chi connectivity index (χ3v) is 6.32. The highest BCUT2D eigenvalue weighted by atomic mass is 35.5. The Kier molecular flexibility index (Phi) is 5.62. The summed E-state index contributed by atoms with van der Waals surface area (Å²) in [5.74, 6) is -0.727. The van der Waals surface area contributed by atoms with E-state index < -0.39 is 5.82 Å². The van der Waals surface area contributed by atoms with Crippen LogP contribution >= 0.6 is 22.9 Å². The highest BCUT2D eigenvalue weighted by Gasteiger charge is 2.14. The number of aromatic nitrogens is 2. The molecule has 0 bridgehead atoms. The molecule has 0 unspecified atom stereocenters. The molecule has 7 heteroatoms. The first-order valence-electron chi connectivity index (χ1n) is 10.2. The number of rotatable bonds is 4. The van der Waals surface area contributed by atoms with Crippen molar-refractivity contribution in [3.05, 3.63) is 100 Å². The van der Waals surface area contributed by atoms with Crippen molar-refractivity contribution in [3.8, 4) is 21.8 Å². The van der Waals surface area contributed by atoms with Crippen molar-refractivity contribution in [1.82, 2.24) is 9.97 Å². The number of benzene rings is 3. The van der Waals surface area contributed by atoms with Crippen LogP contribution in [0.25, 0.3) is 32.7 Å². The Hall–Kier alpha value is -3.61. The van der Waals surface area contributed by atoms with Crippen LogP contribution < -0.4 is 5.32 Å². The number of carbonyl (C=O) groups is 1. The molecule has 2 heterocycles. The second kappa shape index (κ2) is 8.73. The molecule has 1 N–H and O–H groups in total. The number of pyridine rings is 1. The average Bonchev–Trinajstić information content (AvgIpc) is 3.30. The van der Waals surface area contributed by atoms with Crippen LogP contribution in [0.1, 0.15) is 16.1 Å². The van der Waals surface area contributed by atoms with E-state index in [1.54, 1.807) is 30.4 Å². The molecule has 33 heavy (non-hydrogen) atoms. The number of amides is 1. The SMILES string of the molecule is Cc1cc(C(=O)Nc2ccc(-c3csc(-c4ccc(Cl)cc4)n3)cc2)c2cc(F)ccc2n1. The maximum absolute atomic E-state index is 13.8. The first-order valence-corrected chi connectivity index (χ1v) is 11.4. The zero-order chi connectivity index (χ0) is 22.9. The minimum atomic E-state index is -0.409. The van der Waals surface area contributed by atoms with Crippen molar-refractivity contribution in [2.45, 2.75) is 6.92 Å². The molecule has 0 aliphatic rings. The van der Waals surface area contributed by atoms with Crippen LogP contribution in [-0.4, -0.2) is 15.9 Å². The van der Waals surface area contributed by atoms with Crippen LogP contribution in [0.15, 0.2) is 78.2 Å². The lowest BCUT2D eigenvalue weighted by Gasteiger charge is -2.10. The summed E-state index contributed by atoms with van der Waals surface area (Å²) in [7, 11) is 0. The minimum Gasteiger partial charge on any atom is -0.322 e. The lowest BCUT2D eigenvalue weighted by molar-refractivity contribution is 0.102. The molecule has 1 amide bonds. The molecule has 5 aromatic rings. The Labute approximate surface area is 198 Å². The summed E-state index contributed by atoms with van der Waals surface area (Å²) in [5.41, 5.74) is 5.09. The summed E-state index contributed by atoms with van der Waals surface area (Å²) in [6.45, 7) is 1.81. The second-order valence-corrected chi connectivity index (χ2v) is 8.84. The van der Waals surface area contributed by atoms with Gasteiger partial charge in [-0.15, -0.1) is 11.3 Å². The van der Waals surface area contributed by atoms with Gasteiger partial charge in [-0.3, -0.25) is 9.78 Å². The van der Waals surface area contributed by atoms with Gasteiger partial charge in [0.15, 0.2) is 0 Å². The Balaban J connectivity index is 1.37. The van der Waals surface area contributed by atoms with E-state index in [0.717, 1.165) is 21.8 Å². The lowest BCUT2D eigenvalue weighted by Crippen LogP contribution is -2.13. The number of carbonyl (C=O) groups excluding carboxylic acids is 1. The highest BCUT2D eigenvalue weighted by molar-refractivity contribution is 7.13. The summed E-state index contributed by atoms with van der Waals surface area (Å²) in [5, 5.41) is 6.97. The van der Waals surface area contributed by atoms with Gasteiger partial charge in [0.1, 0.15) is 10.8 Å². The van der Waals surface area contributed by atoms with Crippen molar-refractivity contribution in [3.63, 3.8) is 0 Å². The van der Waals surface area contributed by atoms with Crippen molar-refractivity contribution < 1.29 is 9.18 Å². The van der Waals surface area contributed by atoms with Crippen molar-refractivity contribution in [2.24, 2.45) is 0 Å². The Morgan fingerprint density at radius 2 is 1.67 bits per heavy atom. The standard InChI is InChI=1S/C26H17ClFN3OS/c1-15-12-22(21-13-19(28)8-11-23(21)29-15)25(32)30-20-9-4-16(5-10-20)24-14-33-26(31-24)17-2-6-18(27)7-3-17/h2-14H,1H3,(H,30,32). The van der Waals surface area contributed by atoms with E-state index in [1.165, 1.54) is 12.1 Å². The summed E-state index contributed by atoms with van der Waals surface area (Å²) >= 11 is 7.53. The maximum Gasteiger partial charge on any atom is 0.256 e. The Bertz CT molecular complexity index is 1480. The van der Waals surface area contributed by atoms with Crippen LogP contribution in [0.2, 0.25) is 5.02 Å². The van der Waals surface area contributed by atoms with Crippen LogP contribution in [-0.2, 0) is 0 Å². The van der Waals surface area contributed by atoms with Crippen LogP contribution in [0.3, 0.4) is 0 Å². The molecule has 4 nitrogen and oxygen atoms in total. The molecule has 0 atom stereocenters. The number of hydrogen-bond acceptors (Lipinski definition) is 4. The summed E-state index contributed by atoms with van der Waals surface area (Å²) < 4.78 is 13.8. The number of hydrogen-bond donors (Lipinski definition) is 1. The zero-order valence-corrected chi connectivity index (χ0v) is 19.0. The molecule has 0 saturated carbocycles. The van der Waals surface area contributed by atoms with Crippen LogP contribution in [0.4, 0.5) is 10.1 Å². The van der Waals surface area contributed by atoms with Gasteiger partial charge < -0.3 is 5.32 Å². The third kappa shape index (κ3) is 4.49. The van der Waals surface area contributed by atoms with Gasteiger partial charge in [-0.05, 0) is 55.5 Å². The maximum atomic E-state index is 13.8. The molecule has 0 saturated heterocycles. The molecule has 3 aromatic carbocycles. The third-order valence-electron chi connectivity index (χ3n) is 5.18. The Morgan fingerprint density at radius 1 is 0.939 bits per heavy atom. The molecular weight excluding hydrogens is 457 g/mol. The predicted octanol–water partition coefficient (Wildman–Crippen LogP) is 7.38. The van der Waals surface area contributed by atoms with Crippen molar-refractivity contribution in [1.29, 1.82) is 0 Å². The lowest BCUT2D eigenvalue weighted by atomic mass is 10.1. The van der Waals surface area contributed by atoms with Gasteiger partial charge in [0.05, 0.1) is 16.8 Å². The zero-order valence-electron chi connectivity index (χ0n) is 17.5. The molecule has 0 spiro atoms. The number of anilines is 1. The number of aryl methyl sites for hydroxylation is 1. The second-order valence-electron chi connectivity index (χ2n) is 7.55. The summed E-state index contributed by atoms with van der Waals surface area (Å²) in [6.07, 6.45) is 0. The van der Waals surface area contributed by atoms with E-state index >= 15 is 0 Å². The quantitative estimate of drug-likeness (QED) is 0.296. The minimum absolute atomic E-state index is 0.317. The summed E-state index contributed by atoms with van der Waals surface area (Å²) in [4.78, 5) is 22.0. The van der Waals surface area contributed by atoms with E-state index in [2.05, 4.69) is 10.3 Å². The van der Waals surface area contributed by atoms with Gasteiger partial charge in [0, 0.05) is 38.3 Å². The van der Waals surface area contributed by atoms with E-state index in [4.69, 9.17) is 16.6 Å². The van der Waals surface area contributed by atoms with Gasteiger partial charge in [0.25, 0.3) is 5.91 Å². The fraction of sp³-hybridized carbons (Fsp3) is 0.0385. The van der Waals surface area contributed by atoms with Crippen LogP contribution in [0.5, 0.6) is 0 Å². The number of fused-ring (bicyclic) bond motifs is 1. The van der Waals surface area contributed by atoms with Gasteiger partial charge in [-0.2, -0.15) is 0 Å². The molecule has 5 rings (SSSR count). The van der Waals surface area contributed by atoms with E-state index in [1.807, 2.05) is 53.9 Å². The topological polar surface area (TPSA) is 54.9 Å². The molecule has 0 aliphatic heterocycles. The number of halogens is 2.